The fraction of sp³-hybridized carbons (Fsp3) is 0.500. The summed E-state index contributed by atoms with van der Waals surface area (Å²) < 4.78 is 27.9. The number of rotatable bonds is 9. The molecule has 2 aromatic rings. The van der Waals surface area contributed by atoms with Gasteiger partial charge in [0, 0.05) is 11.3 Å². The van der Waals surface area contributed by atoms with E-state index >= 15 is 0 Å². The molecule has 0 saturated carbocycles. The van der Waals surface area contributed by atoms with Crippen molar-refractivity contribution in [3.05, 3.63) is 45.9 Å². The van der Waals surface area contributed by atoms with E-state index in [4.69, 9.17) is 0 Å². The van der Waals surface area contributed by atoms with Crippen molar-refractivity contribution in [3.63, 3.8) is 0 Å². The van der Waals surface area contributed by atoms with Crippen LogP contribution in [0, 0.1) is 12.8 Å². The number of hydrogen-bond acceptors (Lipinski definition) is 5. The largest absolute Gasteiger partial charge is 0.349 e. The second kappa shape index (κ2) is 9.62. The topological polar surface area (TPSA) is 88.2 Å². The van der Waals surface area contributed by atoms with Crippen molar-refractivity contribution in [2.24, 2.45) is 5.92 Å². The van der Waals surface area contributed by atoms with E-state index in [0.29, 0.717) is 12.3 Å². The maximum absolute atomic E-state index is 12.7. The Balaban J connectivity index is 2.08. The number of carbonyl (C=O) groups excluding carboxylic acids is 1. The Morgan fingerprint density at radius 3 is 2.32 bits per heavy atom. The molecule has 1 atom stereocenters. The van der Waals surface area contributed by atoms with Gasteiger partial charge in [0.2, 0.25) is 15.9 Å². The minimum absolute atomic E-state index is 0.153. The second-order valence-electron chi connectivity index (χ2n) is 7.67. The van der Waals surface area contributed by atoms with Gasteiger partial charge in [0.05, 0.1) is 22.1 Å². The Hall–Kier alpha value is -1.77. The first-order valence-electron chi connectivity index (χ1n) is 9.39. The van der Waals surface area contributed by atoms with Gasteiger partial charge in [-0.25, -0.2) is 13.4 Å². The van der Waals surface area contributed by atoms with Crippen LogP contribution in [0.5, 0.6) is 0 Å². The molecule has 0 spiro atoms. The number of amides is 1. The zero-order valence-electron chi connectivity index (χ0n) is 17.0. The van der Waals surface area contributed by atoms with Crippen LogP contribution >= 0.6 is 11.3 Å². The summed E-state index contributed by atoms with van der Waals surface area (Å²) in [5.74, 6) is 0.149. The highest BCUT2D eigenvalue weighted by molar-refractivity contribution is 7.89. The maximum atomic E-state index is 12.7. The van der Waals surface area contributed by atoms with Crippen LogP contribution in [0.3, 0.4) is 0 Å². The number of aryl methyl sites for hydroxylation is 1. The Kier molecular flexibility index (Phi) is 7.74. The van der Waals surface area contributed by atoms with E-state index in [1.807, 2.05) is 26.2 Å². The molecule has 0 saturated heterocycles. The number of nitrogens with zero attached hydrogens (tertiary/aromatic N) is 1. The van der Waals surface area contributed by atoms with E-state index in [9.17, 15) is 13.2 Å². The standard InChI is InChI=1S/C20H29N3O3S2/c1-13(2)10-18(23-28(25,26)17-8-6-15(5)7-9-17)19(24)21-11-16-12-27-20(22-16)14(3)4/h6-9,12-14,18,23H,10-11H2,1-5H3,(H,21,24). The molecule has 28 heavy (non-hydrogen) atoms. The third-order valence-electron chi connectivity index (χ3n) is 4.16. The number of carbonyl (C=O) groups is 1. The first-order chi connectivity index (χ1) is 13.1. The molecule has 1 unspecified atom stereocenters. The van der Waals surface area contributed by atoms with Crippen LogP contribution in [-0.4, -0.2) is 25.4 Å². The molecular formula is C20H29N3O3S2. The highest BCUT2D eigenvalue weighted by Gasteiger charge is 2.26. The van der Waals surface area contributed by atoms with Crippen molar-refractivity contribution >= 4 is 27.3 Å². The lowest BCUT2D eigenvalue weighted by molar-refractivity contribution is -0.123. The van der Waals surface area contributed by atoms with Gasteiger partial charge in [-0.3, -0.25) is 4.79 Å². The van der Waals surface area contributed by atoms with Gasteiger partial charge in [0.25, 0.3) is 0 Å². The predicted octanol–water partition coefficient (Wildman–Crippen LogP) is 3.58. The summed E-state index contributed by atoms with van der Waals surface area (Å²) >= 11 is 1.56. The van der Waals surface area contributed by atoms with Crippen LogP contribution in [0.25, 0.3) is 0 Å². The molecular weight excluding hydrogens is 394 g/mol. The number of hydrogen-bond donors (Lipinski definition) is 2. The quantitative estimate of drug-likeness (QED) is 0.645. The van der Waals surface area contributed by atoms with Gasteiger partial charge in [0.15, 0.2) is 0 Å². The molecule has 0 aliphatic carbocycles. The second-order valence-corrected chi connectivity index (χ2v) is 10.3. The molecule has 154 valence electrons. The minimum Gasteiger partial charge on any atom is -0.349 e. The molecule has 6 nitrogen and oxygen atoms in total. The third-order valence-corrected chi connectivity index (χ3v) is 6.84. The summed E-state index contributed by atoms with van der Waals surface area (Å²) in [6.07, 6.45) is 0.408. The van der Waals surface area contributed by atoms with Gasteiger partial charge in [-0.1, -0.05) is 45.4 Å². The molecule has 1 amide bonds. The van der Waals surface area contributed by atoms with E-state index in [1.54, 1.807) is 35.6 Å². The Labute approximate surface area is 171 Å². The lowest BCUT2D eigenvalue weighted by atomic mass is 10.0. The van der Waals surface area contributed by atoms with Gasteiger partial charge in [-0.05, 0) is 31.4 Å². The minimum atomic E-state index is -3.78. The molecule has 8 heteroatoms. The summed E-state index contributed by atoms with van der Waals surface area (Å²) in [4.78, 5) is 17.3. The van der Waals surface area contributed by atoms with E-state index in [-0.39, 0.29) is 23.3 Å². The van der Waals surface area contributed by atoms with Gasteiger partial charge >= 0.3 is 0 Å². The Morgan fingerprint density at radius 2 is 1.79 bits per heavy atom. The predicted molar refractivity (Wildman–Crippen MR) is 113 cm³/mol. The summed E-state index contributed by atoms with van der Waals surface area (Å²) in [6, 6.07) is 5.73. The molecule has 0 bridgehead atoms. The molecule has 2 N–H and O–H groups in total. The van der Waals surface area contributed by atoms with Crippen molar-refractivity contribution in [2.75, 3.05) is 0 Å². The van der Waals surface area contributed by atoms with Crippen molar-refractivity contribution in [2.45, 2.75) is 64.4 Å². The molecule has 2 rings (SSSR count). The molecule has 0 radical (unpaired) electrons. The van der Waals surface area contributed by atoms with Crippen LogP contribution in [0.4, 0.5) is 0 Å². The Bertz CT molecular complexity index is 888. The average Bonchev–Trinajstić information content (AvgIpc) is 3.08. The first-order valence-corrected chi connectivity index (χ1v) is 11.8. The summed E-state index contributed by atoms with van der Waals surface area (Å²) in [6.45, 7) is 10.2. The monoisotopic (exact) mass is 423 g/mol. The highest BCUT2D eigenvalue weighted by Crippen LogP contribution is 2.19. The van der Waals surface area contributed by atoms with Crippen LogP contribution in [0.1, 0.15) is 56.3 Å². The number of aromatic nitrogens is 1. The van der Waals surface area contributed by atoms with E-state index in [0.717, 1.165) is 16.3 Å². The van der Waals surface area contributed by atoms with E-state index in [2.05, 4.69) is 28.9 Å². The summed E-state index contributed by atoms with van der Waals surface area (Å²) in [5.41, 5.74) is 1.76. The van der Waals surface area contributed by atoms with Crippen LogP contribution in [0.15, 0.2) is 34.5 Å². The van der Waals surface area contributed by atoms with Crippen molar-refractivity contribution in [3.8, 4) is 0 Å². The fourth-order valence-corrected chi connectivity index (χ4v) is 4.67. The number of sulfonamides is 1. The van der Waals surface area contributed by atoms with Crippen molar-refractivity contribution in [1.82, 2.24) is 15.0 Å². The van der Waals surface area contributed by atoms with Gasteiger partial charge < -0.3 is 5.32 Å². The molecule has 1 aromatic heterocycles. The lowest BCUT2D eigenvalue weighted by Gasteiger charge is -2.20. The van der Waals surface area contributed by atoms with Crippen molar-refractivity contribution in [1.29, 1.82) is 0 Å². The van der Waals surface area contributed by atoms with Crippen LogP contribution < -0.4 is 10.0 Å². The number of thiazole rings is 1. The van der Waals surface area contributed by atoms with Crippen LogP contribution in [-0.2, 0) is 21.4 Å². The first kappa shape index (κ1) is 22.5. The van der Waals surface area contributed by atoms with Gasteiger partial charge in [-0.2, -0.15) is 4.72 Å². The number of benzene rings is 1. The normalized spacial score (nSPS) is 13.1. The summed E-state index contributed by atoms with van der Waals surface area (Å²) in [5, 5.41) is 5.76. The summed E-state index contributed by atoms with van der Waals surface area (Å²) in [7, 11) is -3.78. The van der Waals surface area contributed by atoms with Gasteiger partial charge in [0.1, 0.15) is 6.04 Å². The fourth-order valence-electron chi connectivity index (χ4n) is 2.62. The molecule has 0 fully saturated rings. The average molecular weight is 424 g/mol. The zero-order chi connectivity index (χ0) is 20.9. The smallest absolute Gasteiger partial charge is 0.241 e. The maximum Gasteiger partial charge on any atom is 0.241 e. The Morgan fingerprint density at radius 1 is 1.14 bits per heavy atom. The van der Waals surface area contributed by atoms with Crippen molar-refractivity contribution < 1.29 is 13.2 Å². The van der Waals surface area contributed by atoms with Crippen LogP contribution in [0.2, 0.25) is 0 Å². The molecule has 1 heterocycles. The van der Waals surface area contributed by atoms with Gasteiger partial charge in [-0.15, -0.1) is 11.3 Å². The molecule has 0 aliphatic heterocycles. The van der Waals surface area contributed by atoms with E-state index < -0.39 is 16.1 Å². The lowest BCUT2D eigenvalue weighted by Crippen LogP contribution is -2.47. The SMILES string of the molecule is Cc1ccc(S(=O)(=O)NC(CC(C)C)C(=O)NCc2csc(C(C)C)n2)cc1. The molecule has 0 aliphatic rings. The highest BCUT2D eigenvalue weighted by atomic mass is 32.2. The zero-order valence-corrected chi connectivity index (χ0v) is 18.7. The third kappa shape index (κ3) is 6.39. The number of nitrogens with one attached hydrogen (secondary N) is 2. The van der Waals surface area contributed by atoms with E-state index in [1.165, 1.54) is 0 Å². The molecule has 1 aromatic carbocycles.